The van der Waals surface area contributed by atoms with Gasteiger partial charge in [-0.15, -0.1) is 12.4 Å². The number of carbonyl (C=O) groups is 1. The van der Waals surface area contributed by atoms with Gasteiger partial charge in [-0.05, 0) is 43.7 Å². The van der Waals surface area contributed by atoms with Crippen LogP contribution in [0, 0.1) is 6.92 Å². The molecule has 2 aliphatic rings. The normalized spacial score (nSPS) is 17.2. The van der Waals surface area contributed by atoms with Crippen LogP contribution in [-0.4, -0.2) is 10.9 Å². The summed E-state index contributed by atoms with van der Waals surface area (Å²) < 4.78 is 0. The van der Waals surface area contributed by atoms with Crippen molar-refractivity contribution in [3.05, 3.63) is 28.1 Å². The number of carbonyl (C=O) groups excluding carboxylic acids is 1. The average Bonchev–Trinajstić information content (AvgIpc) is 2.61. The molecule has 0 unspecified atom stereocenters. The van der Waals surface area contributed by atoms with E-state index < -0.39 is 0 Å². The number of amides is 1. The minimum absolute atomic E-state index is 0. The second-order valence-electron chi connectivity index (χ2n) is 4.37. The molecule has 0 bridgehead atoms. The summed E-state index contributed by atoms with van der Waals surface area (Å²) >= 11 is 0. The summed E-state index contributed by atoms with van der Waals surface area (Å²) in [6.45, 7) is 2.68. The molecule has 4 heteroatoms. The van der Waals surface area contributed by atoms with Crippen molar-refractivity contribution in [3.8, 4) is 0 Å². The van der Waals surface area contributed by atoms with E-state index in [0.29, 0.717) is 6.54 Å². The molecule has 1 aliphatic carbocycles. The maximum absolute atomic E-state index is 11.6. The van der Waals surface area contributed by atoms with Crippen molar-refractivity contribution in [2.24, 2.45) is 0 Å². The number of hydrogen-bond acceptors (Lipinski definition) is 2. The Bertz CT molecular complexity index is 457. The molecular weight excluding hydrogens is 224 g/mol. The third-order valence-electron chi connectivity index (χ3n) is 3.47. The number of fused-ring (bicyclic) bond motifs is 2. The van der Waals surface area contributed by atoms with Gasteiger partial charge >= 0.3 is 0 Å². The summed E-state index contributed by atoms with van der Waals surface area (Å²) in [4.78, 5) is 16.2. The lowest BCUT2D eigenvalue weighted by Gasteiger charge is -2.18. The van der Waals surface area contributed by atoms with Crippen molar-refractivity contribution in [3.63, 3.8) is 0 Å². The number of hydrogen-bond donors (Lipinski definition) is 1. The highest BCUT2D eigenvalue weighted by Gasteiger charge is 2.26. The number of nitrogens with one attached hydrogen (secondary N) is 1. The Labute approximate surface area is 101 Å². The van der Waals surface area contributed by atoms with E-state index in [4.69, 9.17) is 0 Å². The van der Waals surface area contributed by atoms with Gasteiger partial charge in [0.05, 0.1) is 17.8 Å². The molecule has 1 N–H and O–H groups in total. The molecule has 0 atom stereocenters. The smallest absolute Gasteiger partial charge is 0.253 e. The van der Waals surface area contributed by atoms with E-state index in [9.17, 15) is 4.79 Å². The van der Waals surface area contributed by atoms with E-state index in [0.717, 1.165) is 24.1 Å². The van der Waals surface area contributed by atoms with Crippen molar-refractivity contribution < 1.29 is 4.79 Å². The second-order valence-corrected chi connectivity index (χ2v) is 4.37. The Morgan fingerprint density at radius 1 is 1.19 bits per heavy atom. The molecule has 1 aromatic heterocycles. The van der Waals surface area contributed by atoms with Crippen molar-refractivity contribution >= 4 is 18.3 Å². The van der Waals surface area contributed by atoms with E-state index in [1.54, 1.807) is 0 Å². The van der Waals surface area contributed by atoms with Gasteiger partial charge in [0.1, 0.15) is 0 Å². The minimum Gasteiger partial charge on any atom is -0.346 e. The van der Waals surface area contributed by atoms with Crippen molar-refractivity contribution in [2.75, 3.05) is 0 Å². The largest absolute Gasteiger partial charge is 0.346 e. The van der Waals surface area contributed by atoms with Gasteiger partial charge < -0.3 is 5.32 Å². The lowest BCUT2D eigenvalue weighted by molar-refractivity contribution is 0.0965. The fraction of sp³-hybridized carbons (Fsp3) is 0.500. The van der Waals surface area contributed by atoms with E-state index in [1.807, 2.05) is 0 Å². The molecule has 2 heterocycles. The Hall–Kier alpha value is -1.09. The van der Waals surface area contributed by atoms with Gasteiger partial charge in [-0.2, -0.15) is 0 Å². The minimum atomic E-state index is 0. The fourth-order valence-corrected chi connectivity index (χ4v) is 2.68. The summed E-state index contributed by atoms with van der Waals surface area (Å²) in [5, 5.41) is 2.85. The van der Waals surface area contributed by atoms with Crippen LogP contribution in [0.1, 0.15) is 45.7 Å². The van der Waals surface area contributed by atoms with Crippen LogP contribution in [0.5, 0.6) is 0 Å². The summed E-state index contributed by atoms with van der Waals surface area (Å²) in [7, 11) is 0. The second kappa shape index (κ2) is 4.06. The van der Waals surface area contributed by atoms with Crippen LogP contribution in [0.3, 0.4) is 0 Å². The predicted octanol–water partition coefficient (Wildman–Crippen LogP) is 1.93. The molecule has 0 fully saturated rings. The summed E-state index contributed by atoms with van der Waals surface area (Å²) in [5.41, 5.74) is 5.53. The van der Waals surface area contributed by atoms with Gasteiger partial charge in [0.25, 0.3) is 5.91 Å². The lowest BCUT2D eigenvalue weighted by Crippen LogP contribution is -2.15. The van der Waals surface area contributed by atoms with Crippen LogP contribution in [0.15, 0.2) is 0 Å². The highest BCUT2D eigenvalue weighted by atomic mass is 35.5. The Balaban J connectivity index is 0.000000963. The van der Waals surface area contributed by atoms with E-state index in [2.05, 4.69) is 17.2 Å². The molecule has 0 aromatic carbocycles. The molecule has 0 saturated heterocycles. The third-order valence-corrected chi connectivity index (χ3v) is 3.47. The maximum atomic E-state index is 11.6. The van der Waals surface area contributed by atoms with Gasteiger partial charge in [-0.1, -0.05) is 0 Å². The van der Waals surface area contributed by atoms with Gasteiger partial charge in [0.2, 0.25) is 0 Å². The topological polar surface area (TPSA) is 42.0 Å². The Morgan fingerprint density at radius 2 is 1.94 bits per heavy atom. The van der Waals surface area contributed by atoms with Crippen molar-refractivity contribution in [2.45, 2.75) is 39.2 Å². The first-order valence-corrected chi connectivity index (χ1v) is 5.57. The first kappa shape index (κ1) is 11.4. The summed E-state index contributed by atoms with van der Waals surface area (Å²) in [6.07, 6.45) is 4.64. The van der Waals surface area contributed by atoms with Crippen LogP contribution in [-0.2, 0) is 19.4 Å². The van der Waals surface area contributed by atoms with Crippen LogP contribution in [0.4, 0.5) is 0 Å². The molecular formula is C12H15ClN2O. The van der Waals surface area contributed by atoms with Crippen LogP contribution >= 0.6 is 12.4 Å². The Morgan fingerprint density at radius 3 is 2.75 bits per heavy atom. The maximum Gasteiger partial charge on any atom is 0.253 e. The van der Waals surface area contributed by atoms with E-state index in [-0.39, 0.29) is 18.3 Å². The highest BCUT2D eigenvalue weighted by Crippen LogP contribution is 2.28. The summed E-state index contributed by atoms with van der Waals surface area (Å²) in [6, 6.07) is 0. The number of nitrogens with zero attached hydrogens (tertiary/aromatic N) is 1. The lowest BCUT2D eigenvalue weighted by atomic mass is 9.90. The fourth-order valence-electron chi connectivity index (χ4n) is 2.68. The first-order valence-electron chi connectivity index (χ1n) is 5.57. The van der Waals surface area contributed by atoms with E-state index >= 15 is 0 Å². The zero-order valence-corrected chi connectivity index (χ0v) is 10.1. The molecule has 1 amide bonds. The number of aryl methyl sites for hydroxylation is 1. The van der Waals surface area contributed by atoms with Crippen molar-refractivity contribution in [1.29, 1.82) is 0 Å². The third kappa shape index (κ3) is 1.50. The van der Waals surface area contributed by atoms with Gasteiger partial charge in [0, 0.05) is 5.69 Å². The van der Waals surface area contributed by atoms with E-state index in [1.165, 1.54) is 29.7 Å². The van der Waals surface area contributed by atoms with Crippen LogP contribution < -0.4 is 5.32 Å². The number of pyridine rings is 1. The molecule has 16 heavy (non-hydrogen) atoms. The van der Waals surface area contributed by atoms with Gasteiger partial charge in [0.15, 0.2) is 0 Å². The van der Waals surface area contributed by atoms with Crippen LogP contribution in [0.2, 0.25) is 0 Å². The Kier molecular flexibility index (Phi) is 2.89. The molecule has 86 valence electrons. The first-order chi connectivity index (χ1) is 7.27. The molecule has 3 rings (SSSR count). The van der Waals surface area contributed by atoms with Crippen LogP contribution in [0.25, 0.3) is 0 Å². The molecule has 0 radical (unpaired) electrons. The van der Waals surface area contributed by atoms with Gasteiger partial charge in [-0.25, -0.2) is 0 Å². The molecule has 0 spiro atoms. The number of halogens is 1. The average molecular weight is 239 g/mol. The van der Waals surface area contributed by atoms with Crippen molar-refractivity contribution in [1.82, 2.24) is 10.3 Å². The molecule has 0 saturated carbocycles. The highest BCUT2D eigenvalue weighted by molar-refractivity contribution is 5.99. The zero-order valence-electron chi connectivity index (χ0n) is 9.30. The molecule has 1 aliphatic heterocycles. The number of aromatic nitrogens is 1. The zero-order chi connectivity index (χ0) is 10.4. The monoisotopic (exact) mass is 238 g/mol. The summed E-state index contributed by atoms with van der Waals surface area (Å²) in [5.74, 6) is 0.0587. The molecule has 1 aromatic rings. The standard InChI is InChI=1S/C12H14N2O.ClH/c1-7-8-4-2-3-5-9(8)14-10-6-13-12(15)11(7)10;/h2-6H2,1H3,(H,13,15);1H. The molecule has 3 nitrogen and oxygen atoms in total. The quantitative estimate of drug-likeness (QED) is 0.751. The number of rotatable bonds is 0. The van der Waals surface area contributed by atoms with Gasteiger partial charge in [-0.3, -0.25) is 9.78 Å². The SMILES string of the molecule is Cc1c2c(nc3c1C(=O)NC3)CCCC2.Cl. The predicted molar refractivity (Wildman–Crippen MR) is 64.0 cm³/mol.